The number of benzene rings is 1. The molecule has 1 aliphatic heterocycles. The van der Waals surface area contributed by atoms with Crippen molar-refractivity contribution in [3.8, 4) is 5.75 Å². The summed E-state index contributed by atoms with van der Waals surface area (Å²) < 4.78 is 11.5. The zero-order chi connectivity index (χ0) is 8.39. The van der Waals surface area contributed by atoms with E-state index in [1.54, 1.807) is 0 Å². The smallest absolute Gasteiger partial charge is 0.133 e. The van der Waals surface area contributed by atoms with Gasteiger partial charge < -0.3 is 9.47 Å². The Morgan fingerprint density at radius 2 is 2.25 bits per heavy atom. The van der Waals surface area contributed by atoms with Crippen LogP contribution in [0.5, 0.6) is 5.75 Å². The van der Waals surface area contributed by atoms with E-state index in [4.69, 9.17) is 9.47 Å². The van der Waals surface area contributed by atoms with Crippen molar-refractivity contribution in [1.82, 2.24) is 0 Å². The second-order valence-electron chi connectivity index (χ2n) is 2.70. The van der Waals surface area contributed by atoms with Crippen LogP contribution in [0.15, 0.2) is 28.7 Å². The lowest BCUT2D eigenvalue weighted by Gasteiger charge is -2.04. The lowest BCUT2D eigenvalue weighted by molar-refractivity contribution is 0.262. The highest BCUT2D eigenvalue weighted by Crippen LogP contribution is 2.24. The molecule has 12 heavy (non-hydrogen) atoms. The fourth-order valence-electron chi connectivity index (χ4n) is 0.909. The van der Waals surface area contributed by atoms with Crippen LogP contribution < -0.4 is 4.74 Å². The minimum Gasteiger partial charge on any atom is -0.490 e. The van der Waals surface area contributed by atoms with Crippen molar-refractivity contribution >= 4 is 15.9 Å². The van der Waals surface area contributed by atoms with Gasteiger partial charge in [-0.05, 0) is 28.1 Å². The molecule has 3 heteroatoms. The lowest BCUT2D eigenvalue weighted by Crippen LogP contribution is -2.04. The van der Waals surface area contributed by atoms with Crippen molar-refractivity contribution in [3.05, 3.63) is 28.7 Å². The van der Waals surface area contributed by atoms with Crippen molar-refractivity contribution in [2.24, 2.45) is 0 Å². The molecule has 0 N–H and O–H groups in total. The van der Waals surface area contributed by atoms with E-state index < -0.39 is 0 Å². The number of hydrogen-bond acceptors (Lipinski definition) is 2. The highest BCUT2D eigenvalue weighted by molar-refractivity contribution is 9.10. The maximum absolute atomic E-state index is 5.49. The van der Waals surface area contributed by atoms with Crippen LogP contribution in [-0.4, -0.2) is 19.3 Å². The van der Waals surface area contributed by atoms with E-state index in [2.05, 4.69) is 15.9 Å². The van der Waals surface area contributed by atoms with E-state index in [0.29, 0.717) is 12.7 Å². The predicted molar refractivity (Wildman–Crippen MR) is 49.4 cm³/mol. The normalized spacial score (nSPS) is 20.6. The number of hydrogen-bond donors (Lipinski definition) is 0. The Morgan fingerprint density at radius 1 is 1.50 bits per heavy atom. The third kappa shape index (κ3) is 1.99. The number of epoxide rings is 1. The number of rotatable bonds is 3. The first-order chi connectivity index (χ1) is 5.86. The molecule has 1 aromatic carbocycles. The predicted octanol–water partition coefficient (Wildman–Crippen LogP) is 2.23. The van der Waals surface area contributed by atoms with Gasteiger partial charge in [-0.1, -0.05) is 12.1 Å². The Labute approximate surface area is 79.6 Å². The maximum Gasteiger partial charge on any atom is 0.133 e. The van der Waals surface area contributed by atoms with E-state index in [-0.39, 0.29) is 0 Å². The Kier molecular flexibility index (Phi) is 2.33. The average Bonchev–Trinajstić information content (AvgIpc) is 2.86. The van der Waals surface area contributed by atoms with Gasteiger partial charge in [0.05, 0.1) is 11.1 Å². The Balaban J connectivity index is 1.96. The molecular weight excluding hydrogens is 220 g/mol. The van der Waals surface area contributed by atoms with E-state index >= 15 is 0 Å². The van der Waals surface area contributed by atoms with E-state index in [9.17, 15) is 0 Å². The highest BCUT2D eigenvalue weighted by Gasteiger charge is 2.23. The minimum atomic E-state index is 0.317. The fraction of sp³-hybridized carbons (Fsp3) is 0.333. The van der Waals surface area contributed by atoms with Gasteiger partial charge >= 0.3 is 0 Å². The monoisotopic (exact) mass is 228 g/mol. The third-order valence-electron chi connectivity index (χ3n) is 1.66. The molecule has 2 nitrogen and oxygen atoms in total. The van der Waals surface area contributed by atoms with Crippen molar-refractivity contribution in [2.75, 3.05) is 13.2 Å². The molecule has 1 atom stereocenters. The van der Waals surface area contributed by atoms with Gasteiger partial charge in [0.2, 0.25) is 0 Å². The molecular formula is C9H9BrO2. The number of para-hydroxylation sites is 1. The topological polar surface area (TPSA) is 21.8 Å². The van der Waals surface area contributed by atoms with Crippen LogP contribution in [0.2, 0.25) is 0 Å². The second-order valence-corrected chi connectivity index (χ2v) is 3.55. The zero-order valence-corrected chi connectivity index (χ0v) is 8.08. The van der Waals surface area contributed by atoms with Crippen LogP contribution in [-0.2, 0) is 4.74 Å². The molecule has 2 rings (SSSR count). The van der Waals surface area contributed by atoms with Crippen LogP contribution in [0.1, 0.15) is 0 Å². The van der Waals surface area contributed by atoms with Crippen molar-refractivity contribution in [3.63, 3.8) is 0 Å². The summed E-state index contributed by atoms with van der Waals surface area (Å²) in [5.74, 6) is 0.882. The average molecular weight is 229 g/mol. The van der Waals surface area contributed by atoms with Crippen molar-refractivity contribution < 1.29 is 9.47 Å². The highest BCUT2D eigenvalue weighted by atomic mass is 79.9. The zero-order valence-electron chi connectivity index (χ0n) is 6.50. The summed E-state index contributed by atoms with van der Waals surface area (Å²) in [4.78, 5) is 0. The van der Waals surface area contributed by atoms with Gasteiger partial charge in [-0.2, -0.15) is 0 Å². The van der Waals surface area contributed by atoms with Crippen LogP contribution in [0.25, 0.3) is 0 Å². The molecule has 1 saturated heterocycles. The van der Waals surface area contributed by atoms with Gasteiger partial charge in [0.15, 0.2) is 0 Å². The first-order valence-electron chi connectivity index (χ1n) is 3.85. The largest absolute Gasteiger partial charge is 0.490 e. The lowest BCUT2D eigenvalue weighted by atomic mass is 10.3. The molecule has 1 aromatic rings. The van der Waals surface area contributed by atoms with Crippen LogP contribution in [0, 0.1) is 0 Å². The summed E-state index contributed by atoms with van der Waals surface area (Å²) >= 11 is 3.40. The van der Waals surface area contributed by atoms with Gasteiger partial charge in [-0.3, -0.25) is 0 Å². The van der Waals surface area contributed by atoms with Gasteiger partial charge in [0.25, 0.3) is 0 Å². The summed E-state index contributed by atoms with van der Waals surface area (Å²) in [7, 11) is 0. The van der Waals surface area contributed by atoms with E-state index in [0.717, 1.165) is 16.8 Å². The molecule has 0 bridgehead atoms. The molecule has 1 fully saturated rings. The molecule has 0 unspecified atom stereocenters. The van der Waals surface area contributed by atoms with E-state index in [1.165, 1.54) is 0 Å². The quantitative estimate of drug-likeness (QED) is 0.741. The molecule has 0 spiro atoms. The van der Waals surface area contributed by atoms with Gasteiger partial charge in [-0.15, -0.1) is 0 Å². The Bertz CT molecular complexity index is 271. The van der Waals surface area contributed by atoms with Gasteiger partial charge in [0, 0.05) is 0 Å². The summed E-state index contributed by atoms with van der Waals surface area (Å²) in [6.07, 6.45) is 0.317. The third-order valence-corrected chi connectivity index (χ3v) is 2.32. The summed E-state index contributed by atoms with van der Waals surface area (Å²) in [6, 6.07) is 7.81. The summed E-state index contributed by atoms with van der Waals surface area (Å²) in [6.45, 7) is 1.49. The van der Waals surface area contributed by atoms with Gasteiger partial charge in [-0.25, -0.2) is 0 Å². The molecule has 0 aliphatic carbocycles. The SMILES string of the molecule is Brc1ccccc1OC[C@H]1CO1. The van der Waals surface area contributed by atoms with Crippen LogP contribution in [0.3, 0.4) is 0 Å². The fourth-order valence-corrected chi connectivity index (χ4v) is 1.31. The summed E-state index contributed by atoms with van der Waals surface area (Å²) in [5.41, 5.74) is 0. The molecule has 0 saturated carbocycles. The first-order valence-corrected chi connectivity index (χ1v) is 4.64. The Morgan fingerprint density at radius 3 is 2.92 bits per heavy atom. The number of halogens is 1. The Hall–Kier alpha value is -0.540. The molecule has 0 amide bonds. The van der Waals surface area contributed by atoms with Crippen LogP contribution >= 0.6 is 15.9 Å². The van der Waals surface area contributed by atoms with Gasteiger partial charge in [0.1, 0.15) is 18.5 Å². The standard InChI is InChI=1S/C9H9BrO2/c10-8-3-1-2-4-9(8)12-6-7-5-11-7/h1-4,7H,5-6H2/t7-/m1/s1. The first kappa shape index (κ1) is 8.08. The van der Waals surface area contributed by atoms with Crippen molar-refractivity contribution in [2.45, 2.75) is 6.10 Å². The van der Waals surface area contributed by atoms with Crippen molar-refractivity contribution in [1.29, 1.82) is 0 Å². The molecule has 1 aliphatic rings. The van der Waals surface area contributed by atoms with Crippen LogP contribution in [0.4, 0.5) is 0 Å². The second kappa shape index (κ2) is 3.46. The molecule has 64 valence electrons. The molecule has 1 heterocycles. The van der Waals surface area contributed by atoms with E-state index in [1.807, 2.05) is 24.3 Å². The summed E-state index contributed by atoms with van der Waals surface area (Å²) in [5, 5.41) is 0. The minimum absolute atomic E-state index is 0.317. The molecule has 0 radical (unpaired) electrons. The maximum atomic E-state index is 5.49. The number of ether oxygens (including phenoxy) is 2. The molecule has 0 aromatic heterocycles.